The summed E-state index contributed by atoms with van der Waals surface area (Å²) in [5.74, 6) is -0.0133. The molecule has 0 unspecified atom stereocenters. The van der Waals surface area contributed by atoms with Gasteiger partial charge in [-0.2, -0.15) is 0 Å². The molecule has 0 bridgehead atoms. The Morgan fingerprint density at radius 3 is 2.87 bits per heavy atom. The molecule has 4 heteroatoms. The Kier molecular flexibility index (Phi) is 2.32. The third-order valence-corrected chi connectivity index (χ3v) is 2.54. The van der Waals surface area contributed by atoms with Crippen molar-refractivity contribution in [1.29, 1.82) is 5.41 Å². The lowest BCUT2D eigenvalue weighted by atomic mass is 10.1. The molecule has 0 saturated carbocycles. The largest absolute Gasteiger partial charge is 0.384 e. The Hall–Kier alpha value is -1.61. The first kappa shape index (κ1) is 9.93. The first-order chi connectivity index (χ1) is 7.09. The van der Waals surface area contributed by atoms with Crippen LogP contribution in [-0.2, 0) is 0 Å². The van der Waals surface area contributed by atoms with Crippen molar-refractivity contribution in [2.24, 2.45) is 5.73 Å². The Balaban J connectivity index is 2.92. The fraction of sp³-hybridized carbons (Fsp3) is 0.0909. The highest BCUT2D eigenvalue weighted by molar-refractivity contribution is 6.32. The van der Waals surface area contributed by atoms with Crippen LogP contribution >= 0.6 is 11.6 Å². The summed E-state index contributed by atoms with van der Waals surface area (Å²) in [5.41, 5.74) is 7.87. The van der Waals surface area contributed by atoms with Crippen LogP contribution in [0.2, 0.25) is 5.02 Å². The monoisotopic (exact) mass is 219 g/mol. The van der Waals surface area contributed by atoms with E-state index in [0.717, 1.165) is 16.5 Å². The third-order valence-electron chi connectivity index (χ3n) is 2.32. The maximum atomic E-state index is 7.46. The lowest BCUT2D eigenvalue weighted by Crippen LogP contribution is -2.12. The first-order valence-electron chi connectivity index (χ1n) is 4.49. The topological polar surface area (TPSA) is 62.8 Å². The summed E-state index contributed by atoms with van der Waals surface area (Å²) in [6.07, 6.45) is 1.71. The zero-order valence-electron chi connectivity index (χ0n) is 8.21. The van der Waals surface area contributed by atoms with Crippen LogP contribution in [0.1, 0.15) is 11.1 Å². The van der Waals surface area contributed by atoms with E-state index >= 15 is 0 Å². The van der Waals surface area contributed by atoms with Gasteiger partial charge in [-0.25, -0.2) is 0 Å². The fourth-order valence-electron chi connectivity index (χ4n) is 1.56. The summed E-state index contributed by atoms with van der Waals surface area (Å²) in [6.45, 7) is 1.98. The molecule has 1 aromatic heterocycles. The number of hydrogen-bond donors (Lipinski definition) is 2. The van der Waals surface area contributed by atoms with Gasteiger partial charge >= 0.3 is 0 Å². The minimum absolute atomic E-state index is 0.0133. The lowest BCUT2D eigenvalue weighted by molar-refractivity contribution is 1.35. The minimum atomic E-state index is -0.0133. The highest BCUT2D eigenvalue weighted by Crippen LogP contribution is 2.24. The smallest absolute Gasteiger partial charge is 0.125 e. The SMILES string of the molecule is Cc1ccnc2c(C(=N)N)cc(Cl)cc12. The normalized spacial score (nSPS) is 10.5. The van der Waals surface area contributed by atoms with E-state index in [-0.39, 0.29) is 5.84 Å². The van der Waals surface area contributed by atoms with Crippen molar-refractivity contribution < 1.29 is 0 Å². The average Bonchev–Trinajstić information content (AvgIpc) is 2.18. The van der Waals surface area contributed by atoms with Crippen LogP contribution in [0.3, 0.4) is 0 Å². The molecule has 2 aromatic rings. The molecule has 1 heterocycles. The van der Waals surface area contributed by atoms with Crippen LogP contribution < -0.4 is 5.73 Å². The van der Waals surface area contributed by atoms with Gasteiger partial charge in [-0.05, 0) is 30.7 Å². The van der Waals surface area contributed by atoms with Gasteiger partial charge in [0.05, 0.1) is 5.52 Å². The molecule has 15 heavy (non-hydrogen) atoms. The Morgan fingerprint density at radius 2 is 2.20 bits per heavy atom. The molecule has 0 atom stereocenters. The highest BCUT2D eigenvalue weighted by Gasteiger charge is 2.08. The number of aryl methyl sites for hydroxylation is 1. The molecule has 0 aliphatic rings. The number of hydrogen-bond acceptors (Lipinski definition) is 2. The second-order valence-electron chi connectivity index (χ2n) is 3.39. The Bertz CT molecular complexity index is 549. The van der Waals surface area contributed by atoms with Crippen molar-refractivity contribution in [3.8, 4) is 0 Å². The van der Waals surface area contributed by atoms with E-state index in [4.69, 9.17) is 22.7 Å². The number of aromatic nitrogens is 1. The van der Waals surface area contributed by atoms with Crippen LogP contribution in [-0.4, -0.2) is 10.8 Å². The van der Waals surface area contributed by atoms with Gasteiger partial charge in [0.2, 0.25) is 0 Å². The number of nitrogens with two attached hydrogens (primary N) is 1. The molecule has 1 aromatic carbocycles. The number of nitrogens with zero attached hydrogens (tertiary/aromatic N) is 1. The van der Waals surface area contributed by atoms with Crippen molar-refractivity contribution in [2.75, 3.05) is 0 Å². The molecule has 3 nitrogen and oxygen atoms in total. The molecule has 2 rings (SSSR count). The zero-order valence-corrected chi connectivity index (χ0v) is 8.97. The minimum Gasteiger partial charge on any atom is -0.384 e. The van der Waals surface area contributed by atoms with Gasteiger partial charge in [-0.1, -0.05) is 11.6 Å². The van der Waals surface area contributed by atoms with E-state index < -0.39 is 0 Å². The molecule has 0 radical (unpaired) electrons. The average molecular weight is 220 g/mol. The van der Waals surface area contributed by atoms with Gasteiger partial charge in [0, 0.05) is 22.2 Å². The Morgan fingerprint density at radius 1 is 1.47 bits per heavy atom. The number of nitrogens with one attached hydrogen (secondary N) is 1. The molecule has 0 fully saturated rings. The van der Waals surface area contributed by atoms with Gasteiger partial charge < -0.3 is 5.73 Å². The predicted molar refractivity (Wildman–Crippen MR) is 62.5 cm³/mol. The second-order valence-corrected chi connectivity index (χ2v) is 3.83. The van der Waals surface area contributed by atoms with Crippen LogP contribution in [0, 0.1) is 12.3 Å². The van der Waals surface area contributed by atoms with E-state index in [1.165, 1.54) is 0 Å². The zero-order chi connectivity index (χ0) is 11.0. The molecular weight excluding hydrogens is 210 g/mol. The number of amidine groups is 1. The van der Waals surface area contributed by atoms with Crippen molar-refractivity contribution in [1.82, 2.24) is 4.98 Å². The number of benzene rings is 1. The maximum absolute atomic E-state index is 7.46. The first-order valence-corrected chi connectivity index (χ1v) is 4.86. The number of halogens is 1. The van der Waals surface area contributed by atoms with Crippen LogP contribution in [0.15, 0.2) is 24.4 Å². The highest BCUT2D eigenvalue weighted by atomic mass is 35.5. The molecule has 3 N–H and O–H groups in total. The number of pyridine rings is 1. The predicted octanol–water partition coefficient (Wildman–Crippen LogP) is 2.48. The molecule has 0 aliphatic carbocycles. The molecular formula is C11H10ClN3. The molecule has 0 aliphatic heterocycles. The van der Waals surface area contributed by atoms with E-state index in [2.05, 4.69) is 4.98 Å². The van der Waals surface area contributed by atoms with E-state index in [1.54, 1.807) is 12.3 Å². The lowest BCUT2D eigenvalue weighted by Gasteiger charge is -2.06. The van der Waals surface area contributed by atoms with Crippen molar-refractivity contribution >= 4 is 28.3 Å². The van der Waals surface area contributed by atoms with Gasteiger partial charge in [-0.15, -0.1) is 0 Å². The van der Waals surface area contributed by atoms with Crippen LogP contribution in [0.25, 0.3) is 10.9 Å². The second kappa shape index (κ2) is 3.51. The quantitative estimate of drug-likeness (QED) is 0.572. The summed E-state index contributed by atoms with van der Waals surface area (Å²) in [4.78, 5) is 4.22. The molecule has 0 amide bonds. The number of nitrogen functional groups attached to an aromatic ring is 1. The van der Waals surface area contributed by atoms with Gasteiger partial charge in [0.1, 0.15) is 5.84 Å². The van der Waals surface area contributed by atoms with E-state index in [0.29, 0.717) is 10.6 Å². The number of fused-ring (bicyclic) bond motifs is 1. The van der Waals surface area contributed by atoms with E-state index in [9.17, 15) is 0 Å². The summed E-state index contributed by atoms with van der Waals surface area (Å²) in [5, 5.41) is 8.98. The third kappa shape index (κ3) is 1.66. The Labute approximate surface area is 92.4 Å². The van der Waals surface area contributed by atoms with Gasteiger partial charge in [0.15, 0.2) is 0 Å². The summed E-state index contributed by atoms with van der Waals surface area (Å²) < 4.78 is 0. The summed E-state index contributed by atoms with van der Waals surface area (Å²) >= 11 is 5.96. The van der Waals surface area contributed by atoms with Crippen LogP contribution in [0.5, 0.6) is 0 Å². The van der Waals surface area contributed by atoms with Gasteiger partial charge in [-0.3, -0.25) is 10.4 Å². The summed E-state index contributed by atoms with van der Waals surface area (Å²) in [6, 6.07) is 5.41. The molecule has 76 valence electrons. The maximum Gasteiger partial charge on any atom is 0.125 e. The van der Waals surface area contributed by atoms with Crippen molar-refractivity contribution in [3.05, 3.63) is 40.5 Å². The van der Waals surface area contributed by atoms with Crippen molar-refractivity contribution in [3.63, 3.8) is 0 Å². The summed E-state index contributed by atoms with van der Waals surface area (Å²) in [7, 11) is 0. The van der Waals surface area contributed by atoms with E-state index in [1.807, 2.05) is 19.1 Å². The van der Waals surface area contributed by atoms with Crippen LogP contribution in [0.4, 0.5) is 0 Å². The molecule has 0 saturated heterocycles. The van der Waals surface area contributed by atoms with Gasteiger partial charge in [0.25, 0.3) is 0 Å². The number of rotatable bonds is 1. The standard InChI is InChI=1S/C11H10ClN3/c1-6-2-3-15-10-8(6)4-7(12)5-9(10)11(13)14/h2-5H,1H3,(H3,13,14). The van der Waals surface area contributed by atoms with Crippen molar-refractivity contribution in [2.45, 2.75) is 6.92 Å². The fourth-order valence-corrected chi connectivity index (χ4v) is 1.78. The molecule has 0 spiro atoms.